The van der Waals surface area contributed by atoms with Gasteiger partial charge in [0.1, 0.15) is 5.82 Å². The molecule has 20 heavy (non-hydrogen) atoms. The SMILES string of the molecule is CCCNC(CC1CCSCC1)c1ccc(F)c(C)c1. The Morgan fingerprint density at radius 2 is 2.10 bits per heavy atom. The number of halogens is 1. The Labute approximate surface area is 126 Å². The summed E-state index contributed by atoms with van der Waals surface area (Å²) in [7, 11) is 0. The van der Waals surface area contributed by atoms with Crippen LogP contribution in [0, 0.1) is 18.7 Å². The Hall–Kier alpha value is -0.540. The molecule has 0 aromatic heterocycles. The van der Waals surface area contributed by atoms with Gasteiger partial charge in [0, 0.05) is 6.04 Å². The highest BCUT2D eigenvalue weighted by atomic mass is 32.2. The number of rotatable bonds is 6. The number of benzene rings is 1. The summed E-state index contributed by atoms with van der Waals surface area (Å²) in [6.45, 7) is 5.08. The number of aryl methyl sites for hydroxylation is 1. The van der Waals surface area contributed by atoms with Gasteiger partial charge in [-0.25, -0.2) is 4.39 Å². The zero-order valence-electron chi connectivity index (χ0n) is 12.6. The fourth-order valence-electron chi connectivity index (χ4n) is 2.86. The molecule has 0 bridgehead atoms. The quantitative estimate of drug-likeness (QED) is 0.816. The molecule has 1 N–H and O–H groups in total. The van der Waals surface area contributed by atoms with Crippen molar-refractivity contribution in [2.24, 2.45) is 5.92 Å². The molecule has 0 spiro atoms. The van der Waals surface area contributed by atoms with Gasteiger partial charge in [0.05, 0.1) is 0 Å². The number of hydrogen-bond acceptors (Lipinski definition) is 2. The molecule has 0 saturated carbocycles. The maximum Gasteiger partial charge on any atom is 0.126 e. The number of thioether (sulfide) groups is 1. The van der Waals surface area contributed by atoms with Gasteiger partial charge >= 0.3 is 0 Å². The van der Waals surface area contributed by atoms with Crippen LogP contribution in [-0.2, 0) is 0 Å². The van der Waals surface area contributed by atoms with Crippen LogP contribution >= 0.6 is 11.8 Å². The van der Waals surface area contributed by atoms with E-state index < -0.39 is 0 Å². The molecular weight excluding hydrogens is 269 g/mol. The second-order valence-corrected chi connectivity index (χ2v) is 7.03. The lowest BCUT2D eigenvalue weighted by Gasteiger charge is -2.27. The van der Waals surface area contributed by atoms with E-state index in [0.29, 0.717) is 6.04 Å². The topological polar surface area (TPSA) is 12.0 Å². The molecule has 1 saturated heterocycles. The van der Waals surface area contributed by atoms with Crippen molar-refractivity contribution in [2.75, 3.05) is 18.1 Å². The van der Waals surface area contributed by atoms with Gasteiger partial charge in [-0.15, -0.1) is 0 Å². The standard InChI is InChI=1S/C17H26FNS/c1-3-8-19-17(12-14-6-9-20-10-7-14)15-4-5-16(18)13(2)11-15/h4-5,11,14,17,19H,3,6-10,12H2,1-2H3. The highest BCUT2D eigenvalue weighted by Gasteiger charge is 2.20. The lowest BCUT2D eigenvalue weighted by Crippen LogP contribution is -2.26. The van der Waals surface area contributed by atoms with E-state index in [0.717, 1.165) is 24.4 Å². The Morgan fingerprint density at radius 3 is 2.75 bits per heavy atom. The molecule has 1 heterocycles. The maximum atomic E-state index is 13.4. The van der Waals surface area contributed by atoms with Gasteiger partial charge in [-0.1, -0.05) is 19.1 Å². The summed E-state index contributed by atoms with van der Waals surface area (Å²) in [5.74, 6) is 3.31. The van der Waals surface area contributed by atoms with E-state index in [4.69, 9.17) is 0 Å². The number of hydrogen-bond donors (Lipinski definition) is 1. The fourth-order valence-corrected chi connectivity index (χ4v) is 4.06. The third-order valence-corrected chi connectivity index (χ3v) is 5.18. The van der Waals surface area contributed by atoms with E-state index in [1.807, 2.05) is 19.1 Å². The van der Waals surface area contributed by atoms with E-state index in [1.54, 1.807) is 6.07 Å². The summed E-state index contributed by atoms with van der Waals surface area (Å²) in [5.41, 5.74) is 2.00. The molecule has 0 aliphatic carbocycles. The first-order valence-electron chi connectivity index (χ1n) is 7.78. The van der Waals surface area contributed by atoms with Crippen molar-refractivity contribution in [1.82, 2.24) is 5.32 Å². The zero-order valence-corrected chi connectivity index (χ0v) is 13.4. The van der Waals surface area contributed by atoms with Crippen LogP contribution in [-0.4, -0.2) is 18.1 Å². The molecule has 1 aliphatic rings. The highest BCUT2D eigenvalue weighted by molar-refractivity contribution is 7.99. The summed E-state index contributed by atoms with van der Waals surface area (Å²) < 4.78 is 13.4. The van der Waals surface area contributed by atoms with Gasteiger partial charge in [0.2, 0.25) is 0 Å². The molecule has 112 valence electrons. The van der Waals surface area contributed by atoms with Crippen molar-refractivity contribution in [1.29, 1.82) is 0 Å². The van der Waals surface area contributed by atoms with Crippen molar-refractivity contribution >= 4 is 11.8 Å². The minimum absolute atomic E-state index is 0.0999. The van der Waals surface area contributed by atoms with Gasteiger partial charge in [-0.2, -0.15) is 11.8 Å². The van der Waals surface area contributed by atoms with Crippen LogP contribution in [0.4, 0.5) is 4.39 Å². The molecule has 3 heteroatoms. The van der Waals surface area contributed by atoms with Crippen molar-refractivity contribution in [3.05, 3.63) is 35.1 Å². The Morgan fingerprint density at radius 1 is 1.35 bits per heavy atom. The first-order chi connectivity index (χ1) is 9.70. The molecule has 1 aliphatic heterocycles. The molecule has 1 nitrogen and oxygen atoms in total. The van der Waals surface area contributed by atoms with Crippen LogP contribution in [0.3, 0.4) is 0 Å². The molecular formula is C17H26FNS. The molecule has 1 aromatic rings. The van der Waals surface area contributed by atoms with E-state index >= 15 is 0 Å². The molecule has 1 atom stereocenters. The van der Waals surface area contributed by atoms with Crippen molar-refractivity contribution < 1.29 is 4.39 Å². The fraction of sp³-hybridized carbons (Fsp3) is 0.647. The van der Waals surface area contributed by atoms with Gasteiger partial charge < -0.3 is 5.32 Å². The first-order valence-corrected chi connectivity index (χ1v) is 8.93. The van der Waals surface area contributed by atoms with Crippen molar-refractivity contribution in [3.8, 4) is 0 Å². The van der Waals surface area contributed by atoms with Gasteiger partial charge in [-0.05, 0) is 73.8 Å². The van der Waals surface area contributed by atoms with Crippen LogP contribution in [0.2, 0.25) is 0 Å². The first kappa shape index (κ1) is 15.8. The molecule has 1 unspecified atom stereocenters. The summed E-state index contributed by atoms with van der Waals surface area (Å²) in [4.78, 5) is 0. The monoisotopic (exact) mass is 295 g/mol. The minimum atomic E-state index is -0.0999. The largest absolute Gasteiger partial charge is 0.310 e. The van der Waals surface area contributed by atoms with E-state index in [1.165, 1.54) is 36.3 Å². The van der Waals surface area contributed by atoms with Crippen molar-refractivity contribution in [2.45, 2.75) is 45.6 Å². The summed E-state index contributed by atoms with van der Waals surface area (Å²) >= 11 is 2.07. The van der Waals surface area contributed by atoms with Crippen molar-refractivity contribution in [3.63, 3.8) is 0 Å². The second kappa shape index (κ2) is 8.04. The lowest BCUT2D eigenvalue weighted by atomic mass is 9.90. The average molecular weight is 295 g/mol. The summed E-state index contributed by atoms with van der Waals surface area (Å²) in [6, 6.07) is 5.96. The smallest absolute Gasteiger partial charge is 0.126 e. The zero-order chi connectivity index (χ0) is 14.4. The molecule has 2 rings (SSSR count). The molecule has 0 amide bonds. The van der Waals surface area contributed by atoms with Gasteiger partial charge in [-0.3, -0.25) is 0 Å². The predicted molar refractivity (Wildman–Crippen MR) is 86.8 cm³/mol. The average Bonchev–Trinajstić information content (AvgIpc) is 2.47. The van der Waals surface area contributed by atoms with Crippen LogP contribution < -0.4 is 5.32 Å². The summed E-state index contributed by atoms with van der Waals surface area (Å²) in [5, 5.41) is 3.65. The molecule has 1 fully saturated rings. The van der Waals surface area contributed by atoms with Gasteiger partial charge in [0.25, 0.3) is 0 Å². The Bertz CT molecular complexity index is 415. The lowest BCUT2D eigenvalue weighted by molar-refractivity contribution is 0.370. The third kappa shape index (κ3) is 4.49. The van der Waals surface area contributed by atoms with Crippen LogP contribution in [0.25, 0.3) is 0 Å². The van der Waals surface area contributed by atoms with E-state index in [2.05, 4.69) is 24.0 Å². The maximum absolute atomic E-state index is 13.4. The number of nitrogens with one attached hydrogen (secondary N) is 1. The van der Waals surface area contributed by atoms with Crippen LogP contribution in [0.1, 0.15) is 49.8 Å². The molecule has 1 aromatic carbocycles. The predicted octanol–water partition coefficient (Wildman–Crippen LogP) is 4.71. The minimum Gasteiger partial charge on any atom is -0.310 e. The Kier molecular flexibility index (Phi) is 6.37. The van der Waals surface area contributed by atoms with Crippen LogP contribution in [0.5, 0.6) is 0 Å². The second-order valence-electron chi connectivity index (χ2n) is 5.81. The highest BCUT2D eigenvalue weighted by Crippen LogP contribution is 2.31. The van der Waals surface area contributed by atoms with E-state index in [9.17, 15) is 4.39 Å². The third-order valence-electron chi connectivity index (χ3n) is 4.14. The normalized spacial score (nSPS) is 18.1. The Balaban J connectivity index is 2.06. The van der Waals surface area contributed by atoms with Gasteiger partial charge in [0.15, 0.2) is 0 Å². The van der Waals surface area contributed by atoms with E-state index in [-0.39, 0.29) is 5.82 Å². The van der Waals surface area contributed by atoms with Crippen LogP contribution in [0.15, 0.2) is 18.2 Å². The molecule has 0 radical (unpaired) electrons. The summed E-state index contributed by atoms with van der Waals surface area (Å²) in [6.07, 6.45) is 4.98.